The molecule has 2 aliphatic heterocycles. The van der Waals surface area contributed by atoms with Gasteiger partial charge >= 0.3 is 0 Å². The number of nitrogens with one attached hydrogen (secondary N) is 1. The molecule has 1 saturated carbocycles. The van der Waals surface area contributed by atoms with Crippen molar-refractivity contribution in [2.24, 2.45) is 17.8 Å². The Kier molecular flexibility index (Phi) is 4.45. The van der Waals surface area contributed by atoms with E-state index in [1.165, 1.54) is 43.7 Å². The zero-order chi connectivity index (χ0) is 13.2. The van der Waals surface area contributed by atoms with Crippen molar-refractivity contribution >= 4 is 0 Å². The minimum Gasteiger partial charge on any atom is -0.785 e. The van der Waals surface area contributed by atoms with Gasteiger partial charge in [-0.15, -0.1) is 0 Å². The summed E-state index contributed by atoms with van der Waals surface area (Å²) >= 11 is 0. The highest BCUT2D eigenvalue weighted by atomic mass is 16.5. The molecular weight excluding hydrogens is 236 g/mol. The Morgan fingerprint density at radius 2 is 2.05 bits per heavy atom. The van der Waals surface area contributed by atoms with Gasteiger partial charge in [0.25, 0.3) is 0 Å². The van der Waals surface area contributed by atoms with Crippen LogP contribution in [0.25, 0.3) is 0 Å². The Morgan fingerprint density at radius 3 is 2.89 bits per heavy atom. The number of piperidine rings is 2. The summed E-state index contributed by atoms with van der Waals surface area (Å²) in [5.74, 6) is 2.47. The summed E-state index contributed by atoms with van der Waals surface area (Å²) < 4.78 is 0. The van der Waals surface area contributed by atoms with Crippen LogP contribution in [-0.4, -0.2) is 30.2 Å². The van der Waals surface area contributed by atoms with Crippen molar-refractivity contribution in [3.63, 3.8) is 0 Å². The Morgan fingerprint density at radius 1 is 1.16 bits per heavy atom. The fourth-order valence-corrected chi connectivity index (χ4v) is 4.85. The van der Waals surface area contributed by atoms with Gasteiger partial charge in [-0.1, -0.05) is 13.3 Å². The average molecular weight is 265 g/mol. The van der Waals surface area contributed by atoms with E-state index in [1.54, 1.807) is 0 Å². The molecule has 1 unspecified atom stereocenters. The van der Waals surface area contributed by atoms with Gasteiger partial charge in [0, 0.05) is 6.04 Å². The highest BCUT2D eigenvalue weighted by molar-refractivity contribution is 4.94. The number of rotatable bonds is 2. The molecule has 0 amide bonds. The lowest BCUT2D eigenvalue weighted by molar-refractivity contribution is 0.0708. The smallest absolute Gasteiger partial charge is 0.0100 e. The predicted octanol–water partition coefficient (Wildman–Crippen LogP) is 3.14. The van der Waals surface area contributed by atoms with Gasteiger partial charge in [-0.25, -0.2) is 0 Å². The second kappa shape index (κ2) is 6.11. The molecule has 0 aromatic carbocycles. The predicted molar refractivity (Wildman–Crippen MR) is 78.7 cm³/mol. The van der Waals surface area contributed by atoms with E-state index in [0.717, 1.165) is 49.6 Å². The summed E-state index contributed by atoms with van der Waals surface area (Å²) in [6.45, 7) is 4.38. The third kappa shape index (κ3) is 3.14. The first-order chi connectivity index (χ1) is 9.24. The number of hydrogen-bond acceptors (Lipinski definition) is 3. The molecule has 110 valence electrons. The molecule has 1 N–H and O–H groups in total. The van der Waals surface area contributed by atoms with E-state index in [1.807, 2.05) is 0 Å². The van der Waals surface area contributed by atoms with Gasteiger partial charge in [-0.2, -0.15) is 0 Å². The van der Waals surface area contributed by atoms with E-state index in [9.17, 15) is 5.21 Å². The Labute approximate surface area is 117 Å². The molecule has 0 bridgehead atoms. The van der Waals surface area contributed by atoms with Crippen LogP contribution in [0.3, 0.4) is 0 Å². The van der Waals surface area contributed by atoms with Crippen LogP contribution >= 0.6 is 0 Å². The van der Waals surface area contributed by atoms with Crippen LogP contribution in [0, 0.1) is 23.0 Å². The fraction of sp³-hybridized carbons (Fsp3) is 1.00. The lowest BCUT2D eigenvalue weighted by atomic mass is 9.66. The van der Waals surface area contributed by atoms with Gasteiger partial charge in [-0.05, 0) is 81.8 Å². The van der Waals surface area contributed by atoms with Gasteiger partial charge in [-0.3, -0.25) is 0 Å². The first kappa shape index (κ1) is 13.8. The summed E-state index contributed by atoms with van der Waals surface area (Å²) in [4.78, 5) is 0. The molecule has 5 atom stereocenters. The molecule has 2 saturated heterocycles. The van der Waals surface area contributed by atoms with Gasteiger partial charge in [0.15, 0.2) is 0 Å². The van der Waals surface area contributed by atoms with Crippen LogP contribution in [0.1, 0.15) is 58.3 Å². The topological polar surface area (TPSA) is 38.3 Å². The molecular formula is C16H29N2O-. The van der Waals surface area contributed by atoms with Gasteiger partial charge < -0.3 is 15.6 Å². The minimum absolute atomic E-state index is 0.326. The highest BCUT2D eigenvalue weighted by Gasteiger charge is 2.38. The molecule has 3 aliphatic rings. The SMILES string of the molecule is C[C@@H]1C[C@H](CC2CCCCN2[O-])[C@H]2CCCN[C@@H]2C1. The second-order valence-corrected chi connectivity index (χ2v) is 7.23. The Bertz CT molecular complexity index is 296. The molecule has 3 heteroatoms. The summed E-state index contributed by atoms with van der Waals surface area (Å²) in [5.41, 5.74) is 0. The van der Waals surface area contributed by atoms with E-state index >= 15 is 0 Å². The maximum Gasteiger partial charge on any atom is 0.0100 e. The molecule has 19 heavy (non-hydrogen) atoms. The zero-order valence-electron chi connectivity index (χ0n) is 12.3. The number of fused-ring (bicyclic) bond motifs is 1. The maximum absolute atomic E-state index is 12.0. The third-order valence-corrected chi connectivity index (χ3v) is 5.75. The molecule has 0 aromatic heterocycles. The summed E-state index contributed by atoms with van der Waals surface area (Å²) in [6, 6.07) is 1.07. The van der Waals surface area contributed by atoms with Crippen molar-refractivity contribution in [3.8, 4) is 0 Å². The average Bonchev–Trinajstić information content (AvgIpc) is 2.41. The lowest BCUT2D eigenvalue weighted by Gasteiger charge is -2.48. The second-order valence-electron chi connectivity index (χ2n) is 7.23. The van der Waals surface area contributed by atoms with E-state index < -0.39 is 0 Å². The van der Waals surface area contributed by atoms with E-state index in [2.05, 4.69) is 12.2 Å². The van der Waals surface area contributed by atoms with Crippen LogP contribution < -0.4 is 5.32 Å². The summed E-state index contributed by atoms with van der Waals surface area (Å²) in [7, 11) is 0. The van der Waals surface area contributed by atoms with Crippen molar-refractivity contribution < 1.29 is 0 Å². The quantitative estimate of drug-likeness (QED) is 0.833. The van der Waals surface area contributed by atoms with Crippen LogP contribution in [0.15, 0.2) is 0 Å². The zero-order valence-corrected chi connectivity index (χ0v) is 12.3. The normalized spacial score (nSPS) is 44.8. The molecule has 0 spiro atoms. The van der Waals surface area contributed by atoms with Crippen molar-refractivity contribution in [1.82, 2.24) is 10.4 Å². The van der Waals surface area contributed by atoms with Crippen molar-refractivity contribution in [3.05, 3.63) is 5.21 Å². The number of hydrogen-bond donors (Lipinski definition) is 1. The molecule has 1 aliphatic carbocycles. The molecule has 3 nitrogen and oxygen atoms in total. The molecule has 2 heterocycles. The highest BCUT2D eigenvalue weighted by Crippen LogP contribution is 2.41. The molecule has 3 rings (SSSR count). The largest absolute Gasteiger partial charge is 0.785 e. The molecule has 0 aromatic rings. The fourth-order valence-electron chi connectivity index (χ4n) is 4.85. The van der Waals surface area contributed by atoms with E-state index in [-0.39, 0.29) is 0 Å². The Balaban J connectivity index is 1.63. The monoisotopic (exact) mass is 265 g/mol. The lowest BCUT2D eigenvalue weighted by Crippen LogP contribution is -2.50. The summed E-state index contributed by atoms with van der Waals surface area (Å²) in [6.07, 6.45) is 10.1. The summed E-state index contributed by atoms with van der Waals surface area (Å²) in [5, 5.41) is 17.1. The van der Waals surface area contributed by atoms with Crippen LogP contribution in [0.2, 0.25) is 0 Å². The van der Waals surface area contributed by atoms with Gasteiger partial charge in [0.05, 0.1) is 0 Å². The van der Waals surface area contributed by atoms with Crippen LogP contribution in [0.5, 0.6) is 0 Å². The minimum atomic E-state index is 0.326. The van der Waals surface area contributed by atoms with Crippen molar-refractivity contribution in [2.45, 2.75) is 70.4 Å². The number of nitrogens with zero attached hydrogens (tertiary/aromatic N) is 1. The Hall–Kier alpha value is -0.120. The maximum atomic E-state index is 12.0. The van der Waals surface area contributed by atoms with Gasteiger partial charge in [0.1, 0.15) is 0 Å². The van der Waals surface area contributed by atoms with E-state index in [4.69, 9.17) is 0 Å². The van der Waals surface area contributed by atoms with Crippen LogP contribution in [0.4, 0.5) is 0 Å². The van der Waals surface area contributed by atoms with Crippen molar-refractivity contribution in [1.29, 1.82) is 0 Å². The van der Waals surface area contributed by atoms with Crippen molar-refractivity contribution in [2.75, 3.05) is 13.1 Å². The first-order valence-electron chi connectivity index (χ1n) is 8.41. The van der Waals surface area contributed by atoms with Gasteiger partial charge in [0.2, 0.25) is 0 Å². The molecule has 3 fully saturated rings. The standard InChI is InChI=1S/C16H29N2O/c1-12-9-13(11-14-5-2-3-8-18(14)19)15-6-4-7-17-16(15)10-12/h12-17H,2-11H2,1H3/q-1/t12-,13-,14?,15-,16-/m1/s1. The van der Waals surface area contributed by atoms with Crippen LogP contribution in [-0.2, 0) is 0 Å². The first-order valence-corrected chi connectivity index (χ1v) is 8.41. The third-order valence-electron chi connectivity index (χ3n) is 5.75. The number of hydroxylamine groups is 2. The molecule has 0 radical (unpaired) electrons. The van der Waals surface area contributed by atoms with E-state index in [0.29, 0.717) is 6.04 Å².